The lowest BCUT2D eigenvalue weighted by Gasteiger charge is -2.07. The average molecular weight is 490 g/mol. The predicted molar refractivity (Wildman–Crippen MR) is 138 cm³/mol. The first-order chi connectivity index (χ1) is 16.7. The molecule has 1 fully saturated rings. The number of hydrogen-bond acceptors (Lipinski definition) is 5. The molecule has 0 N–H and O–H groups in total. The Morgan fingerprint density at radius 1 is 1.03 bits per heavy atom. The Hall–Kier alpha value is -3.19. The Bertz CT molecular complexity index is 1320. The van der Waals surface area contributed by atoms with E-state index in [-0.39, 0.29) is 6.10 Å². The van der Waals surface area contributed by atoms with E-state index in [2.05, 4.69) is 5.38 Å². The van der Waals surface area contributed by atoms with Gasteiger partial charge in [-0.2, -0.15) is 5.10 Å². The topological polar surface area (TPSA) is 48.1 Å². The second-order valence-corrected chi connectivity index (χ2v) is 9.20. The van der Waals surface area contributed by atoms with Crippen molar-refractivity contribution in [3.05, 3.63) is 99.6 Å². The molecule has 0 radical (unpaired) electrons. The molecule has 172 valence electrons. The molecule has 1 unspecified atom stereocenters. The summed E-state index contributed by atoms with van der Waals surface area (Å²) in [5.41, 5.74) is 2.91. The van der Waals surface area contributed by atoms with Gasteiger partial charge in [0.1, 0.15) is 11.5 Å². The summed E-state index contributed by atoms with van der Waals surface area (Å²) < 4.78 is 13.6. The lowest BCUT2D eigenvalue weighted by atomic mass is 10.2. The van der Waals surface area contributed by atoms with Crippen LogP contribution in [-0.4, -0.2) is 30.1 Å². The van der Waals surface area contributed by atoms with Gasteiger partial charge in [-0.15, -0.1) is 11.3 Å². The first kappa shape index (κ1) is 22.6. The van der Waals surface area contributed by atoms with Crippen LogP contribution in [0.2, 0.25) is 5.02 Å². The van der Waals surface area contributed by atoms with Crippen LogP contribution in [-0.2, 0) is 4.74 Å². The zero-order chi connectivity index (χ0) is 23.2. The third kappa shape index (κ3) is 5.65. The van der Waals surface area contributed by atoms with Gasteiger partial charge in [-0.1, -0.05) is 54.1 Å². The first-order valence-corrected chi connectivity index (χ1v) is 12.5. The van der Waals surface area contributed by atoms with Gasteiger partial charge in [0, 0.05) is 22.6 Å². The highest BCUT2D eigenvalue weighted by Gasteiger charge is 2.15. The summed E-state index contributed by atoms with van der Waals surface area (Å²) in [6.07, 6.45) is 4.16. The Kier molecular flexibility index (Phi) is 7.19. The average Bonchev–Trinajstić information content (AvgIpc) is 3.53. The Labute approximate surface area is 207 Å². The predicted octanol–water partition coefficient (Wildman–Crippen LogP) is 6.62. The second-order valence-electron chi connectivity index (χ2n) is 7.93. The molecule has 0 bridgehead atoms. The van der Waals surface area contributed by atoms with Gasteiger partial charge in [0.25, 0.3) is 0 Å². The lowest BCUT2D eigenvalue weighted by Crippen LogP contribution is -2.17. The highest BCUT2D eigenvalue weighted by Crippen LogP contribution is 2.24. The van der Waals surface area contributed by atoms with Crippen molar-refractivity contribution in [1.29, 1.82) is 0 Å². The Morgan fingerprint density at radius 3 is 2.65 bits per heavy atom. The standard InChI is InChI=1S/C27H24ClN3O2S/c28-22-13-11-21(12-14-22)26-19-34-27(29-18-25-10-5-15-32-25)31(26)30-17-20-6-4-9-24(16-20)33-23-7-2-1-3-8-23/h1-4,6-9,11-14,16-17,19,25H,5,10,15,18H2. The van der Waals surface area contributed by atoms with Crippen LogP contribution in [0.4, 0.5) is 0 Å². The second kappa shape index (κ2) is 10.8. The van der Waals surface area contributed by atoms with Gasteiger partial charge in [0.15, 0.2) is 0 Å². The molecule has 0 saturated carbocycles. The van der Waals surface area contributed by atoms with Crippen LogP contribution < -0.4 is 9.54 Å². The molecule has 4 aromatic rings. The van der Waals surface area contributed by atoms with E-state index in [4.69, 9.17) is 31.2 Å². The number of para-hydroxylation sites is 1. The van der Waals surface area contributed by atoms with Crippen molar-refractivity contribution in [2.24, 2.45) is 10.1 Å². The van der Waals surface area contributed by atoms with Crippen LogP contribution in [0.25, 0.3) is 11.3 Å². The maximum atomic E-state index is 6.10. The van der Waals surface area contributed by atoms with Crippen molar-refractivity contribution >= 4 is 29.2 Å². The molecule has 34 heavy (non-hydrogen) atoms. The maximum absolute atomic E-state index is 6.10. The minimum Gasteiger partial charge on any atom is -0.457 e. The molecule has 1 atom stereocenters. The monoisotopic (exact) mass is 489 g/mol. The largest absolute Gasteiger partial charge is 0.457 e. The van der Waals surface area contributed by atoms with E-state index in [0.717, 1.165) is 52.6 Å². The highest BCUT2D eigenvalue weighted by molar-refractivity contribution is 7.07. The molecule has 2 heterocycles. The van der Waals surface area contributed by atoms with Gasteiger partial charge in [-0.25, -0.2) is 4.68 Å². The third-order valence-corrected chi connectivity index (χ3v) is 6.54. The number of rotatable bonds is 7. The van der Waals surface area contributed by atoms with E-state index in [1.807, 2.05) is 89.8 Å². The summed E-state index contributed by atoms with van der Waals surface area (Å²) in [4.78, 5) is 5.66. The summed E-state index contributed by atoms with van der Waals surface area (Å²) in [7, 11) is 0. The van der Waals surface area contributed by atoms with E-state index in [0.29, 0.717) is 11.6 Å². The fourth-order valence-corrected chi connectivity index (χ4v) is 4.69. The van der Waals surface area contributed by atoms with Crippen LogP contribution in [0.3, 0.4) is 0 Å². The molecule has 5 nitrogen and oxygen atoms in total. The molecule has 7 heteroatoms. The van der Waals surface area contributed by atoms with Gasteiger partial charge in [-0.05, 0) is 54.8 Å². The fourth-order valence-electron chi connectivity index (χ4n) is 3.71. The highest BCUT2D eigenvalue weighted by atomic mass is 35.5. The van der Waals surface area contributed by atoms with Crippen LogP contribution in [0.1, 0.15) is 18.4 Å². The fraction of sp³-hybridized carbons (Fsp3) is 0.185. The van der Waals surface area contributed by atoms with Gasteiger partial charge < -0.3 is 9.47 Å². The van der Waals surface area contributed by atoms with Gasteiger partial charge >= 0.3 is 0 Å². The number of benzene rings is 3. The number of aromatic nitrogens is 1. The Balaban J connectivity index is 1.45. The van der Waals surface area contributed by atoms with E-state index in [1.54, 1.807) is 11.3 Å². The van der Waals surface area contributed by atoms with Crippen molar-refractivity contribution in [3.63, 3.8) is 0 Å². The number of thiazole rings is 1. The van der Waals surface area contributed by atoms with Crippen molar-refractivity contribution < 1.29 is 9.47 Å². The SMILES string of the molecule is Clc1ccc(-c2csc(=NCC3CCCO3)n2N=Cc2cccc(Oc3ccccc3)c2)cc1. The summed E-state index contributed by atoms with van der Waals surface area (Å²) in [6, 6.07) is 25.4. The number of hydrogen-bond donors (Lipinski definition) is 0. The molecule has 0 aliphatic carbocycles. The lowest BCUT2D eigenvalue weighted by molar-refractivity contribution is 0.117. The summed E-state index contributed by atoms with van der Waals surface area (Å²) in [5, 5.41) is 7.58. The van der Waals surface area contributed by atoms with Crippen molar-refractivity contribution in [2.45, 2.75) is 18.9 Å². The van der Waals surface area contributed by atoms with Crippen molar-refractivity contribution in [3.8, 4) is 22.8 Å². The van der Waals surface area contributed by atoms with Crippen molar-refractivity contribution in [1.82, 2.24) is 4.68 Å². The van der Waals surface area contributed by atoms with Crippen molar-refractivity contribution in [2.75, 3.05) is 13.2 Å². The smallest absolute Gasteiger partial charge is 0.206 e. The molecule has 5 rings (SSSR count). The molecule has 1 aliphatic rings. The van der Waals surface area contributed by atoms with Gasteiger partial charge in [0.2, 0.25) is 4.80 Å². The summed E-state index contributed by atoms with van der Waals surface area (Å²) in [6.45, 7) is 1.46. The minimum atomic E-state index is 0.185. The number of nitrogens with zero attached hydrogens (tertiary/aromatic N) is 3. The van der Waals surface area contributed by atoms with Crippen LogP contribution in [0.5, 0.6) is 11.5 Å². The molecule has 0 spiro atoms. The maximum Gasteiger partial charge on any atom is 0.206 e. The van der Waals surface area contributed by atoms with Crippen LogP contribution in [0.15, 0.2) is 94.3 Å². The third-order valence-electron chi connectivity index (χ3n) is 5.44. The zero-order valence-corrected chi connectivity index (χ0v) is 20.1. The number of ether oxygens (including phenoxy) is 2. The Morgan fingerprint density at radius 2 is 1.85 bits per heavy atom. The van der Waals surface area contributed by atoms with E-state index >= 15 is 0 Å². The zero-order valence-electron chi connectivity index (χ0n) is 18.5. The first-order valence-electron chi connectivity index (χ1n) is 11.2. The van der Waals surface area contributed by atoms with Crippen LogP contribution in [0, 0.1) is 0 Å². The van der Waals surface area contributed by atoms with Gasteiger partial charge in [-0.3, -0.25) is 4.99 Å². The molecule has 1 saturated heterocycles. The summed E-state index contributed by atoms with van der Waals surface area (Å²) >= 11 is 7.67. The normalized spacial score (nSPS) is 16.4. The molecular formula is C27H24ClN3O2S. The molecular weight excluding hydrogens is 466 g/mol. The molecule has 0 amide bonds. The van der Waals surface area contributed by atoms with E-state index < -0.39 is 0 Å². The molecule has 1 aromatic heterocycles. The van der Waals surface area contributed by atoms with Gasteiger partial charge in [0.05, 0.1) is 24.6 Å². The van der Waals surface area contributed by atoms with E-state index in [9.17, 15) is 0 Å². The quantitative estimate of drug-likeness (QED) is 0.274. The number of halogens is 1. The van der Waals surface area contributed by atoms with E-state index in [1.165, 1.54) is 0 Å². The molecule has 1 aliphatic heterocycles. The van der Waals surface area contributed by atoms with Crippen LogP contribution >= 0.6 is 22.9 Å². The summed E-state index contributed by atoms with van der Waals surface area (Å²) in [5.74, 6) is 1.55. The minimum absolute atomic E-state index is 0.185. The molecule has 3 aromatic carbocycles.